The topological polar surface area (TPSA) is 66.4 Å². The number of benzene rings is 2. The van der Waals surface area contributed by atoms with Gasteiger partial charge in [-0.25, -0.2) is 21.9 Å². The molecule has 136 valence electrons. The molecule has 2 rings (SSSR count). The largest absolute Gasteiger partial charge is 0.387 e. The lowest BCUT2D eigenvalue weighted by atomic mass is 9.91. The van der Waals surface area contributed by atoms with Gasteiger partial charge >= 0.3 is 0 Å². The highest BCUT2D eigenvalue weighted by molar-refractivity contribution is 7.89. The van der Waals surface area contributed by atoms with Crippen molar-refractivity contribution in [2.24, 2.45) is 5.92 Å². The molecule has 0 fully saturated rings. The van der Waals surface area contributed by atoms with Crippen LogP contribution in [0.2, 0.25) is 0 Å². The summed E-state index contributed by atoms with van der Waals surface area (Å²) in [5, 5.41) is 10.6. The van der Waals surface area contributed by atoms with Gasteiger partial charge in [0.25, 0.3) is 0 Å². The zero-order valence-corrected chi connectivity index (χ0v) is 14.8. The average molecular weight is 369 g/mol. The lowest BCUT2D eigenvalue weighted by Gasteiger charge is -2.29. The lowest BCUT2D eigenvalue weighted by molar-refractivity contribution is 0.112. The van der Waals surface area contributed by atoms with Crippen molar-refractivity contribution < 1.29 is 22.3 Å². The first-order valence-electron chi connectivity index (χ1n) is 7.96. The summed E-state index contributed by atoms with van der Waals surface area (Å²) >= 11 is 0. The van der Waals surface area contributed by atoms with E-state index in [9.17, 15) is 22.3 Å². The fraction of sp³-hybridized carbons (Fsp3) is 0.333. The third kappa shape index (κ3) is 4.62. The quantitative estimate of drug-likeness (QED) is 0.786. The molecule has 25 heavy (non-hydrogen) atoms. The Morgan fingerprint density at radius 3 is 2.24 bits per heavy atom. The van der Waals surface area contributed by atoms with E-state index in [1.807, 2.05) is 6.92 Å². The smallest absolute Gasteiger partial charge is 0.243 e. The fourth-order valence-corrected chi connectivity index (χ4v) is 3.95. The van der Waals surface area contributed by atoms with Gasteiger partial charge in [0.2, 0.25) is 10.0 Å². The Kier molecular flexibility index (Phi) is 6.26. The van der Waals surface area contributed by atoms with Crippen LogP contribution in [0.1, 0.15) is 31.9 Å². The number of halogens is 2. The highest BCUT2D eigenvalue weighted by Gasteiger charge is 2.31. The molecule has 0 saturated heterocycles. The summed E-state index contributed by atoms with van der Waals surface area (Å²) in [5.74, 6) is -1.56. The maximum absolute atomic E-state index is 13.9. The van der Waals surface area contributed by atoms with Gasteiger partial charge in [-0.1, -0.05) is 44.5 Å². The predicted molar refractivity (Wildman–Crippen MR) is 91.3 cm³/mol. The van der Waals surface area contributed by atoms with Crippen molar-refractivity contribution in [1.82, 2.24) is 4.72 Å². The Balaban J connectivity index is 2.35. The molecule has 1 unspecified atom stereocenters. The van der Waals surface area contributed by atoms with Crippen molar-refractivity contribution in [2.75, 3.05) is 0 Å². The van der Waals surface area contributed by atoms with E-state index >= 15 is 0 Å². The highest BCUT2D eigenvalue weighted by Crippen LogP contribution is 2.26. The first-order valence-corrected chi connectivity index (χ1v) is 9.45. The zero-order chi connectivity index (χ0) is 18.6. The molecule has 0 heterocycles. The summed E-state index contributed by atoms with van der Waals surface area (Å²) in [6.07, 6.45) is -0.611. The van der Waals surface area contributed by atoms with Gasteiger partial charge in [-0.2, -0.15) is 0 Å². The molecule has 0 aliphatic rings. The molecule has 0 amide bonds. The third-order valence-corrected chi connectivity index (χ3v) is 5.72. The van der Waals surface area contributed by atoms with Gasteiger partial charge in [-0.15, -0.1) is 0 Å². The normalized spacial score (nSPS) is 15.6. The van der Waals surface area contributed by atoms with Crippen molar-refractivity contribution in [2.45, 2.75) is 37.3 Å². The van der Waals surface area contributed by atoms with Gasteiger partial charge in [0.05, 0.1) is 12.1 Å². The van der Waals surface area contributed by atoms with E-state index in [2.05, 4.69) is 4.72 Å². The first kappa shape index (κ1) is 19.5. The summed E-state index contributed by atoms with van der Waals surface area (Å²) in [7, 11) is -4.17. The van der Waals surface area contributed by atoms with E-state index in [1.54, 1.807) is 6.92 Å². The molecule has 2 aromatic rings. The monoisotopic (exact) mass is 369 g/mol. The van der Waals surface area contributed by atoms with E-state index < -0.39 is 38.7 Å². The van der Waals surface area contributed by atoms with Crippen LogP contribution in [-0.2, 0) is 10.0 Å². The Labute approximate surface area is 146 Å². The van der Waals surface area contributed by atoms with E-state index in [0.29, 0.717) is 12.0 Å². The van der Waals surface area contributed by atoms with Crippen LogP contribution in [-0.4, -0.2) is 19.6 Å². The van der Waals surface area contributed by atoms with Crippen molar-refractivity contribution in [3.8, 4) is 0 Å². The number of aliphatic hydroxyl groups is 1. The maximum Gasteiger partial charge on any atom is 0.243 e. The minimum absolute atomic E-state index is 0.235. The molecule has 0 spiro atoms. The summed E-state index contributed by atoms with van der Waals surface area (Å²) < 4.78 is 54.4. The van der Waals surface area contributed by atoms with Gasteiger partial charge in [0.1, 0.15) is 16.5 Å². The Hall–Kier alpha value is -1.83. The van der Waals surface area contributed by atoms with Crippen LogP contribution in [0.25, 0.3) is 0 Å². The number of rotatable bonds is 7. The van der Waals surface area contributed by atoms with Crippen molar-refractivity contribution in [1.29, 1.82) is 0 Å². The second-order valence-corrected chi connectivity index (χ2v) is 7.64. The fourth-order valence-electron chi connectivity index (χ4n) is 2.52. The first-order chi connectivity index (χ1) is 11.8. The molecule has 0 aliphatic carbocycles. The molecule has 0 bridgehead atoms. The molecule has 7 heteroatoms. The number of hydrogen-bond acceptors (Lipinski definition) is 3. The molecule has 0 aromatic heterocycles. The third-order valence-electron chi connectivity index (χ3n) is 4.23. The summed E-state index contributed by atoms with van der Waals surface area (Å²) in [5.41, 5.74) is 0.378. The summed E-state index contributed by atoms with van der Waals surface area (Å²) in [6, 6.07) is 9.33. The van der Waals surface area contributed by atoms with Gasteiger partial charge < -0.3 is 5.11 Å². The van der Waals surface area contributed by atoms with Crippen LogP contribution >= 0.6 is 0 Å². The van der Waals surface area contributed by atoms with Crippen LogP contribution in [0.4, 0.5) is 8.78 Å². The maximum atomic E-state index is 13.9. The molecule has 0 radical (unpaired) electrons. The second kappa shape index (κ2) is 8.03. The van der Waals surface area contributed by atoms with E-state index in [1.165, 1.54) is 36.4 Å². The van der Waals surface area contributed by atoms with Gasteiger partial charge in [0, 0.05) is 0 Å². The predicted octanol–water partition coefficient (Wildman–Crippen LogP) is 3.39. The molecule has 3 atom stereocenters. The van der Waals surface area contributed by atoms with Gasteiger partial charge in [-0.3, -0.25) is 0 Å². The molecule has 4 nitrogen and oxygen atoms in total. The molecule has 0 aliphatic heterocycles. The Bertz CT molecular complexity index is 809. The van der Waals surface area contributed by atoms with Gasteiger partial charge in [-0.05, 0) is 35.7 Å². The van der Waals surface area contributed by atoms with Crippen LogP contribution in [0.3, 0.4) is 0 Å². The molecule has 0 saturated carbocycles. The molecule has 2 N–H and O–H groups in total. The van der Waals surface area contributed by atoms with Crippen LogP contribution in [0.5, 0.6) is 0 Å². The molecule has 2 aromatic carbocycles. The summed E-state index contributed by atoms with van der Waals surface area (Å²) in [6.45, 7) is 3.63. The van der Waals surface area contributed by atoms with E-state index in [-0.39, 0.29) is 5.92 Å². The molecular formula is C18H21F2NO3S. The number of sulfonamides is 1. The van der Waals surface area contributed by atoms with Crippen LogP contribution in [0, 0.1) is 17.6 Å². The minimum atomic E-state index is -4.17. The lowest BCUT2D eigenvalue weighted by Crippen LogP contribution is -2.43. The Morgan fingerprint density at radius 2 is 1.68 bits per heavy atom. The second-order valence-electron chi connectivity index (χ2n) is 5.96. The van der Waals surface area contributed by atoms with Crippen molar-refractivity contribution in [3.63, 3.8) is 0 Å². The minimum Gasteiger partial charge on any atom is -0.387 e. The van der Waals surface area contributed by atoms with Gasteiger partial charge in [0.15, 0.2) is 0 Å². The SMILES string of the molecule is CC[C@H](C)[C@H](NS(=O)(=O)c1ccccc1F)C(O)c1ccc(F)cc1. The van der Waals surface area contributed by atoms with Crippen LogP contribution < -0.4 is 4.72 Å². The van der Waals surface area contributed by atoms with E-state index in [4.69, 9.17) is 0 Å². The highest BCUT2D eigenvalue weighted by atomic mass is 32.2. The molecular weight excluding hydrogens is 348 g/mol. The van der Waals surface area contributed by atoms with Crippen molar-refractivity contribution in [3.05, 3.63) is 65.7 Å². The summed E-state index contributed by atoms with van der Waals surface area (Å²) in [4.78, 5) is -0.477. The number of hydrogen-bond donors (Lipinski definition) is 2. The van der Waals surface area contributed by atoms with E-state index in [0.717, 1.165) is 12.1 Å². The van der Waals surface area contributed by atoms with Crippen molar-refractivity contribution >= 4 is 10.0 Å². The average Bonchev–Trinajstić information content (AvgIpc) is 2.59. The number of nitrogens with one attached hydrogen (secondary N) is 1. The zero-order valence-electron chi connectivity index (χ0n) is 14.0. The number of aliphatic hydroxyl groups excluding tert-OH is 1. The van der Waals surface area contributed by atoms with Crippen LogP contribution in [0.15, 0.2) is 53.4 Å². The Morgan fingerprint density at radius 1 is 1.08 bits per heavy atom. The standard InChI is InChI=1S/C18H21F2NO3S/c1-3-12(2)17(18(22)13-8-10-14(19)11-9-13)21-25(23,24)16-7-5-4-6-15(16)20/h4-12,17-18,21-22H,3H2,1-2H3/t12-,17-,18?/m0/s1.